The lowest BCUT2D eigenvalue weighted by Gasteiger charge is -2.39. The average molecular weight is 803 g/mol. The molecule has 0 saturated heterocycles. The molecule has 8 nitrogen and oxygen atoms in total. The topological polar surface area (TPSA) is 149 Å². The van der Waals surface area contributed by atoms with E-state index in [9.17, 15) is 39.6 Å². The molecule has 298 valence electrons. The number of carboxylic acids is 4. The van der Waals surface area contributed by atoms with E-state index in [0.717, 1.165) is 61.2 Å². The van der Waals surface area contributed by atoms with Gasteiger partial charge >= 0.3 is 23.9 Å². The zero-order chi connectivity index (χ0) is 42.7. The molecule has 1 atom stereocenters. The highest BCUT2D eigenvalue weighted by atomic mass is 16.4. The predicted molar refractivity (Wildman–Crippen MR) is 234 cm³/mol. The Morgan fingerprint density at radius 2 is 0.639 bits per heavy atom. The normalized spacial score (nSPS) is 13.6. The van der Waals surface area contributed by atoms with Crippen LogP contribution in [0.3, 0.4) is 0 Å². The van der Waals surface area contributed by atoms with Gasteiger partial charge in [-0.2, -0.15) is 0 Å². The number of rotatable bonds is 12. The standard InChI is InChI=1S/C53H38O8/c54-49(55)41-9-1-33(2-10-41)37-17-25-45(26-18-37)53(46-27-19-38(20-28-46)34-3-11-42(12-4-34)50(56)57,47-29-21-39(22-30-47)35-5-13-43(14-6-35)51(58)59)48-31-23-40(24-32-48)36-7-15-44(16-8-36)52(60)61/h1-23,25-32,40H,24H2,(H,54,55)(H,56,57)(H,58,59)(H,60,61). The van der Waals surface area contributed by atoms with Gasteiger partial charge in [-0.25, -0.2) is 19.2 Å². The van der Waals surface area contributed by atoms with E-state index in [1.54, 1.807) is 84.9 Å². The smallest absolute Gasteiger partial charge is 0.335 e. The predicted octanol–water partition coefficient (Wildman–Crippen LogP) is 11.5. The Morgan fingerprint density at radius 3 is 0.885 bits per heavy atom. The van der Waals surface area contributed by atoms with Gasteiger partial charge in [-0.3, -0.25) is 0 Å². The van der Waals surface area contributed by atoms with Crippen LogP contribution in [0.4, 0.5) is 0 Å². The van der Waals surface area contributed by atoms with Crippen LogP contribution in [0, 0.1) is 0 Å². The molecule has 0 spiro atoms. The number of carboxylic acid groups (broad SMARTS) is 4. The van der Waals surface area contributed by atoms with Crippen molar-refractivity contribution < 1.29 is 39.6 Å². The lowest BCUT2D eigenvalue weighted by Crippen LogP contribution is -2.32. The molecule has 0 bridgehead atoms. The molecule has 0 fully saturated rings. The third-order valence-electron chi connectivity index (χ3n) is 11.5. The van der Waals surface area contributed by atoms with Crippen molar-refractivity contribution in [1.29, 1.82) is 0 Å². The van der Waals surface area contributed by atoms with Gasteiger partial charge in [0.1, 0.15) is 0 Å². The number of benzene rings is 7. The Morgan fingerprint density at radius 1 is 0.377 bits per heavy atom. The highest BCUT2D eigenvalue weighted by Crippen LogP contribution is 2.49. The fourth-order valence-electron chi connectivity index (χ4n) is 8.17. The van der Waals surface area contributed by atoms with Crippen LogP contribution >= 0.6 is 0 Å². The fraction of sp³-hybridized carbons (Fsp3) is 0.0566. The minimum atomic E-state index is -0.994. The van der Waals surface area contributed by atoms with Gasteiger partial charge in [0.25, 0.3) is 0 Å². The number of allylic oxidation sites excluding steroid dienone is 4. The molecule has 7 aromatic carbocycles. The second-order valence-corrected chi connectivity index (χ2v) is 14.9. The molecule has 0 aromatic heterocycles. The van der Waals surface area contributed by atoms with Gasteiger partial charge in [-0.05, 0) is 116 Å². The van der Waals surface area contributed by atoms with Crippen molar-refractivity contribution in [1.82, 2.24) is 0 Å². The monoisotopic (exact) mass is 802 g/mol. The molecule has 7 aromatic rings. The first kappa shape index (κ1) is 39.7. The first-order chi connectivity index (χ1) is 29.5. The summed E-state index contributed by atoms with van der Waals surface area (Å²) in [5, 5.41) is 37.9. The van der Waals surface area contributed by atoms with Gasteiger partial charge in [0.2, 0.25) is 0 Å². The van der Waals surface area contributed by atoms with Crippen molar-refractivity contribution in [3.63, 3.8) is 0 Å². The fourth-order valence-corrected chi connectivity index (χ4v) is 8.17. The second kappa shape index (κ2) is 16.6. The molecular weight excluding hydrogens is 765 g/mol. The number of aromatic carboxylic acids is 4. The highest BCUT2D eigenvalue weighted by molar-refractivity contribution is 5.90. The summed E-state index contributed by atoms with van der Waals surface area (Å²) in [6.45, 7) is 0. The molecule has 8 rings (SSSR count). The summed E-state index contributed by atoms with van der Waals surface area (Å²) in [6, 6.07) is 52.1. The third kappa shape index (κ3) is 7.90. The summed E-state index contributed by atoms with van der Waals surface area (Å²) in [5.41, 5.74) is 10.2. The molecule has 0 saturated carbocycles. The van der Waals surface area contributed by atoms with E-state index in [2.05, 4.69) is 54.6 Å². The molecule has 0 radical (unpaired) electrons. The maximum Gasteiger partial charge on any atom is 0.335 e. The summed E-state index contributed by atoms with van der Waals surface area (Å²) in [4.78, 5) is 46.3. The molecule has 61 heavy (non-hydrogen) atoms. The molecular formula is C53H38O8. The zero-order valence-electron chi connectivity index (χ0n) is 32.6. The molecule has 0 amide bonds. The van der Waals surface area contributed by atoms with E-state index in [1.165, 1.54) is 0 Å². The molecule has 8 heteroatoms. The van der Waals surface area contributed by atoms with Crippen LogP contribution in [0.5, 0.6) is 0 Å². The zero-order valence-corrected chi connectivity index (χ0v) is 32.6. The number of hydrogen-bond donors (Lipinski definition) is 4. The van der Waals surface area contributed by atoms with Crippen LogP contribution in [-0.2, 0) is 5.41 Å². The summed E-state index contributed by atoms with van der Waals surface area (Å²) >= 11 is 0. The van der Waals surface area contributed by atoms with Gasteiger partial charge in [-0.15, -0.1) is 0 Å². The van der Waals surface area contributed by atoms with Gasteiger partial charge in [0.05, 0.1) is 27.7 Å². The van der Waals surface area contributed by atoms with Crippen LogP contribution in [0.25, 0.3) is 33.4 Å². The van der Waals surface area contributed by atoms with Crippen molar-refractivity contribution in [3.05, 3.63) is 238 Å². The van der Waals surface area contributed by atoms with Crippen molar-refractivity contribution in [2.24, 2.45) is 0 Å². The van der Waals surface area contributed by atoms with Gasteiger partial charge < -0.3 is 20.4 Å². The SMILES string of the molecule is O=C(O)c1ccc(-c2ccc(C(C3=CCC(c4ccc(C(=O)O)cc4)C=C3)(c3ccc(-c4ccc(C(=O)O)cc4)cc3)c3ccc(-c4ccc(C(=O)O)cc4)cc3)cc2)cc1. The third-order valence-corrected chi connectivity index (χ3v) is 11.5. The van der Waals surface area contributed by atoms with Crippen LogP contribution in [0.2, 0.25) is 0 Å². The van der Waals surface area contributed by atoms with Crippen molar-refractivity contribution in [2.75, 3.05) is 0 Å². The van der Waals surface area contributed by atoms with Gasteiger partial charge in [0.15, 0.2) is 0 Å². The first-order valence-corrected chi connectivity index (χ1v) is 19.6. The lowest BCUT2D eigenvalue weighted by molar-refractivity contribution is 0.0686. The summed E-state index contributed by atoms with van der Waals surface area (Å²) < 4.78 is 0. The Bertz CT molecular complexity index is 2570. The van der Waals surface area contributed by atoms with Crippen LogP contribution in [0.1, 0.15) is 76.0 Å². The number of hydrogen-bond acceptors (Lipinski definition) is 4. The van der Waals surface area contributed by atoms with Crippen molar-refractivity contribution in [2.45, 2.75) is 17.8 Å². The van der Waals surface area contributed by atoms with E-state index in [0.29, 0.717) is 6.42 Å². The molecule has 0 aliphatic heterocycles. The lowest BCUT2D eigenvalue weighted by atomic mass is 9.63. The molecule has 0 heterocycles. The quantitative estimate of drug-likeness (QED) is 0.0892. The van der Waals surface area contributed by atoms with Crippen molar-refractivity contribution >= 4 is 23.9 Å². The van der Waals surface area contributed by atoms with E-state index < -0.39 is 29.3 Å². The van der Waals surface area contributed by atoms with E-state index in [4.69, 9.17) is 0 Å². The summed E-state index contributed by atoms with van der Waals surface area (Å²) in [6.07, 6.45) is 7.20. The van der Waals surface area contributed by atoms with Gasteiger partial charge in [-0.1, -0.05) is 140 Å². The Kier molecular flexibility index (Phi) is 10.8. The Hall–Kier alpha value is -8.10. The summed E-state index contributed by atoms with van der Waals surface area (Å²) in [7, 11) is 0. The minimum Gasteiger partial charge on any atom is -0.478 e. The largest absolute Gasteiger partial charge is 0.478 e. The maximum absolute atomic E-state index is 11.6. The highest BCUT2D eigenvalue weighted by Gasteiger charge is 2.40. The van der Waals surface area contributed by atoms with E-state index in [-0.39, 0.29) is 28.2 Å². The van der Waals surface area contributed by atoms with E-state index >= 15 is 0 Å². The Labute approximate surface area is 351 Å². The van der Waals surface area contributed by atoms with E-state index in [1.807, 2.05) is 48.5 Å². The number of carbonyl (C=O) groups is 4. The summed E-state index contributed by atoms with van der Waals surface area (Å²) in [5.74, 6) is -3.95. The second-order valence-electron chi connectivity index (χ2n) is 14.9. The molecule has 1 aliphatic rings. The van der Waals surface area contributed by atoms with Crippen LogP contribution < -0.4 is 0 Å². The molecule has 1 aliphatic carbocycles. The van der Waals surface area contributed by atoms with Crippen molar-refractivity contribution in [3.8, 4) is 33.4 Å². The average Bonchev–Trinajstić information content (AvgIpc) is 3.30. The Balaban J connectivity index is 1.28. The van der Waals surface area contributed by atoms with Gasteiger partial charge in [0, 0.05) is 5.92 Å². The van der Waals surface area contributed by atoms with Crippen LogP contribution in [-0.4, -0.2) is 44.3 Å². The van der Waals surface area contributed by atoms with Crippen LogP contribution in [0.15, 0.2) is 194 Å². The first-order valence-electron chi connectivity index (χ1n) is 19.6. The maximum atomic E-state index is 11.6. The molecule has 4 N–H and O–H groups in total. The minimum absolute atomic E-state index is 0.00717. The molecule has 1 unspecified atom stereocenters.